The number of halogens is 2. The first-order valence-electron chi connectivity index (χ1n) is 10.3. The molecule has 0 saturated heterocycles. The van der Waals surface area contributed by atoms with Crippen molar-refractivity contribution < 1.29 is 26.0 Å². The standard InChI is InChI=1S/C23H23ClFN3O5S2/c1-16-7-10-20(34(30,31)26-2)13-22(16)27-23(29)15-28(14-17-5-3-4-6-21(17)25)35(32,33)19-11-8-18(24)9-12-19/h3-13,26H,14-15H2,1-2H3,(H,27,29). The maximum atomic E-state index is 14.3. The predicted molar refractivity (Wildman–Crippen MR) is 132 cm³/mol. The van der Waals surface area contributed by atoms with Crippen LogP contribution in [-0.4, -0.2) is 40.6 Å². The molecule has 2 N–H and O–H groups in total. The van der Waals surface area contributed by atoms with E-state index in [-0.39, 0.29) is 21.0 Å². The van der Waals surface area contributed by atoms with Gasteiger partial charge in [0.25, 0.3) is 0 Å². The van der Waals surface area contributed by atoms with Gasteiger partial charge in [-0.25, -0.2) is 25.9 Å². The van der Waals surface area contributed by atoms with E-state index in [1.807, 2.05) is 0 Å². The number of nitrogens with one attached hydrogen (secondary N) is 2. The van der Waals surface area contributed by atoms with Gasteiger partial charge in [-0.2, -0.15) is 4.31 Å². The zero-order valence-corrected chi connectivity index (χ0v) is 21.2. The van der Waals surface area contributed by atoms with Gasteiger partial charge < -0.3 is 5.32 Å². The van der Waals surface area contributed by atoms with Crippen molar-refractivity contribution in [2.24, 2.45) is 0 Å². The van der Waals surface area contributed by atoms with Gasteiger partial charge in [0.1, 0.15) is 5.82 Å². The van der Waals surface area contributed by atoms with Crippen LogP contribution in [0.25, 0.3) is 0 Å². The molecule has 3 rings (SSSR count). The Hall–Kier alpha value is -2.83. The van der Waals surface area contributed by atoms with Crippen molar-refractivity contribution in [2.45, 2.75) is 23.3 Å². The molecule has 35 heavy (non-hydrogen) atoms. The van der Waals surface area contributed by atoms with Gasteiger partial charge in [0, 0.05) is 22.8 Å². The van der Waals surface area contributed by atoms with Crippen molar-refractivity contribution in [3.8, 4) is 0 Å². The molecule has 0 bridgehead atoms. The normalized spacial score (nSPS) is 12.0. The number of nitrogens with zero attached hydrogens (tertiary/aromatic N) is 1. The Kier molecular flexibility index (Phi) is 8.29. The minimum atomic E-state index is -4.22. The van der Waals surface area contributed by atoms with E-state index in [9.17, 15) is 26.0 Å². The van der Waals surface area contributed by atoms with Gasteiger partial charge in [0.15, 0.2) is 0 Å². The number of benzene rings is 3. The fourth-order valence-electron chi connectivity index (χ4n) is 3.17. The maximum Gasteiger partial charge on any atom is 0.243 e. The Labute approximate surface area is 208 Å². The zero-order chi connectivity index (χ0) is 25.8. The van der Waals surface area contributed by atoms with Crippen LogP contribution in [0, 0.1) is 12.7 Å². The number of sulfonamides is 2. The lowest BCUT2D eigenvalue weighted by Gasteiger charge is -2.22. The van der Waals surface area contributed by atoms with Crippen LogP contribution >= 0.6 is 11.6 Å². The van der Waals surface area contributed by atoms with E-state index < -0.39 is 44.9 Å². The van der Waals surface area contributed by atoms with E-state index in [1.54, 1.807) is 13.0 Å². The molecule has 0 radical (unpaired) electrons. The first kappa shape index (κ1) is 26.8. The van der Waals surface area contributed by atoms with Crippen LogP contribution in [0.1, 0.15) is 11.1 Å². The molecule has 0 aliphatic carbocycles. The predicted octanol–water partition coefficient (Wildman–Crippen LogP) is 3.53. The van der Waals surface area contributed by atoms with E-state index in [4.69, 9.17) is 11.6 Å². The average molecular weight is 540 g/mol. The SMILES string of the molecule is CNS(=O)(=O)c1ccc(C)c(NC(=O)CN(Cc2ccccc2F)S(=O)(=O)c2ccc(Cl)cc2)c1. The monoisotopic (exact) mass is 539 g/mol. The summed E-state index contributed by atoms with van der Waals surface area (Å²) in [4.78, 5) is 12.7. The molecule has 0 fully saturated rings. The first-order chi connectivity index (χ1) is 16.4. The fourth-order valence-corrected chi connectivity index (χ4v) is 5.43. The molecule has 3 aromatic carbocycles. The highest BCUT2D eigenvalue weighted by Gasteiger charge is 2.28. The Bertz CT molecular complexity index is 1450. The van der Waals surface area contributed by atoms with Crippen LogP contribution in [0.4, 0.5) is 10.1 Å². The summed E-state index contributed by atoms with van der Waals surface area (Å²) in [5, 5.41) is 2.89. The Morgan fingerprint density at radius 3 is 2.23 bits per heavy atom. The number of aryl methyl sites for hydroxylation is 1. The van der Waals surface area contributed by atoms with Crippen LogP contribution in [0.15, 0.2) is 76.5 Å². The van der Waals surface area contributed by atoms with Gasteiger partial charge in [-0.15, -0.1) is 0 Å². The Morgan fingerprint density at radius 1 is 0.971 bits per heavy atom. The van der Waals surface area contributed by atoms with Crippen LogP contribution in [0.5, 0.6) is 0 Å². The molecule has 12 heteroatoms. The summed E-state index contributed by atoms with van der Waals surface area (Å²) in [6.45, 7) is 0.604. The lowest BCUT2D eigenvalue weighted by atomic mass is 10.2. The molecule has 1 amide bonds. The molecule has 0 aliphatic rings. The highest BCUT2D eigenvalue weighted by Crippen LogP contribution is 2.23. The number of hydrogen-bond acceptors (Lipinski definition) is 5. The van der Waals surface area contributed by atoms with Crippen LogP contribution < -0.4 is 10.0 Å². The number of carbonyl (C=O) groups excluding carboxylic acids is 1. The van der Waals surface area contributed by atoms with Crippen LogP contribution in [-0.2, 0) is 31.4 Å². The van der Waals surface area contributed by atoms with E-state index in [0.29, 0.717) is 10.6 Å². The van der Waals surface area contributed by atoms with Crippen LogP contribution in [0.3, 0.4) is 0 Å². The highest BCUT2D eigenvalue weighted by molar-refractivity contribution is 7.89. The smallest absolute Gasteiger partial charge is 0.243 e. The van der Waals surface area contributed by atoms with Crippen molar-refractivity contribution in [1.82, 2.24) is 9.03 Å². The van der Waals surface area contributed by atoms with E-state index in [2.05, 4.69) is 10.0 Å². The average Bonchev–Trinajstić information content (AvgIpc) is 2.81. The molecule has 0 aliphatic heterocycles. The summed E-state index contributed by atoms with van der Waals surface area (Å²) in [6, 6.07) is 15.2. The van der Waals surface area contributed by atoms with Gasteiger partial charge in [0.05, 0.1) is 16.3 Å². The summed E-state index contributed by atoms with van der Waals surface area (Å²) >= 11 is 5.87. The summed E-state index contributed by atoms with van der Waals surface area (Å²) in [7, 11) is -6.73. The maximum absolute atomic E-state index is 14.3. The largest absolute Gasteiger partial charge is 0.325 e. The summed E-state index contributed by atoms with van der Waals surface area (Å²) in [6.07, 6.45) is 0. The van der Waals surface area contributed by atoms with Gasteiger partial charge in [-0.3, -0.25) is 4.79 Å². The zero-order valence-electron chi connectivity index (χ0n) is 18.8. The minimum Gasteiger partial charge on any atom is -0.325 e. The lowest BCUT2D eigenvalue weighted by molar-refractivity contribution is -0.116. The topological polar surface area (TPSA) is 113 Å². The molecule has 8 nitrogen and oxygen atoms in total. The third-order valence-corrected chi connectivity index (χ3v) is 8.61. The molecule has 3 aromatic rings. The summed E-state index contributed by atoms with van der Waals surface area (Å²) < 4.78 is 68.3. The highest BCUT2D eigenvalue weighted by atomic mass is 35.5. The molecule has 0 atom stereocenters. The van der Waals surface area contributed by atoms with Crippen molar-refractivity contribution in [1.29, 1.82) is 0 Å². The number of hydrogen-bond donors (Lipinski definition) is 2. The van der Waals surface area contributed by atoms with Crippen molar-refractivity contribution in [3.05, 3.63) is 88.7 Å². The van der Waals surface area contributed by atoms with Gasteiger partial charge in [-0.05, 0) is 62.0 Å². The van der Waals surface area contributed by atoms with Gasteiger partial charge in [-0.1, -0.05) is 35.9 Å². The number of anilines is 1. The van der Waals surface area contributed by atoms with E-state index >= 15 is 0 Å². The molecule has 0 unspecified atom stereocenters. The molecule has 0 aromatic heterocycles. The number of amides is 1. The van der Waals surface area contributed by atoms with E-state index in [0.717, 1.165) is 4.31 Å². The second kappa shape index (κ2) is 10.8. The molecular formula is C23H23ClFN3O5S2. The van der Waals surface area contributed by atoms with Crippen molar-refractivity contribution in [2.75, 3.05) is 18.9 Å². The summed E-state index contributed by atoms with van der Waals surface area (Å²) in [5.41, 5.74) is 0.840. The molecular weight excluding hydrogens is 517 g/mol. The third kappa shape index (κ3) is 6.44. The van der Waals surface area contributed by atoms with Crippen molar-refractivity contribution in [3.63, 3.8) is 0 Å². The fraction of sp³-hybridized carbons (Fsp3) is 0.174. The summed E-state index contributed by atoms with van der Waals surface area (Å²) in [5.74, 6) is -1.36. The lowest BCUT2D eigenvalue weighted by Crippen LogP contribution is -2.38. The third-order valence-electron chi connectivity index (χ3n) is 5.14. The quantitative estimate of drug-likeness (QED) is 0.432. The molecule has 0 heterocycles. The van der Waals surface area contributed by atoms with Gasteiger partial charge in [0.2, 0.25) is 26.0 Å². The van der Waals surface area contributed by atoms with Crippen molar-refractivity contribution >= 4 is 43.2 Å². The Balaban J connectivity index is 1.93. The number of carbonyl (C=O) groups is 1. The van der Waals surface area contributed by atoms with Gasteiger partial charge >= 0.3 is 0 Å². The number of rotatable bonds is 9. The van der Waals surface area contributed by atoms with E-state index in [1.165, 1.54) is 67.7 Å². The van der Waals surface area contributed by atoms with Crippen LogP contribution in [0.2, 0.25) is 5.02 Å². The molecule has 0 spiro atoms. The first-order valence-corrected chi connectivity index (χ1v) is 13.6. The Morgan fingerprint density at radius 2 is 1.60 bits per heavy atom. The minimum absolute atomic E-state index is 0.0714. The molecule has 186 valence electrons. The second-order valence-corrected chi connectivity index (χ2v) is 11.8. The second-order valence-electron chi connectivity index (χ2n) is 7.55. The molecule has 0 saturated carbocycles.